The van der Waals surface area contributed by atoms with Gasteiger partial charge in [-0.15, -0.1) is 11.6 Å². The van der Waals surface area contributed by atoms with Gasteiger partial charge in [-0.1, -0.05) is 12.1 Å². The number of carbonyl (C=O) groups excluding carboxylic acids is 1. The zero-order valence-corrected chi connectivity index (χ0v) is 12.9. The van der Waals surface area contributed by atoms with Crippen LogP contribution in [0.1, 0.15) is 15.9 Å². The SMILES string of the molecule is CS(=O)(=O)c1ccc(C(=O)Nc2ccc(CCl)cc2)cc1. The molecule has 1 amide bonds. The molecule has 2 aromatic carbocycles. The van der Waals surface area contributed by atoms with Crippen LogP contribution < -0.4 is 5.32 Å². The summed E-state index contributed by atoms with van der Waals surface area (Å²) in [5, 5.41) is 2.74. The first-order valence-electron chi connectivity index (χ1n) is 6.16. The van der Waals surface area contributed by atoms with Crippen molar-refractivity contribution >= 4 is 33.0 Å². The van der Waals surface area contributed by atoms with Crippen LogP contribution in [0.15, 0.2) is 53.4 Å². The monoisotopic (exact) mass is 323 g/mol. The Balaban J connectivity index is 2.12. The molecule has 1 N–H and O–H groups in total. The third-order valence-corrected chi connectivity index (χ3v) is 4.35. The first kappa shape index (κ1) is 15.5. The predicted molar refractivity (Wildman–Crippen MR) is 83.5 cm³/mol. The number of hydrogen-bond acceptors (Lipinski definition) is 3. The van der Waals surface area contributed by atoms with Crippen molar-refractivity contribution in [3.63, 3.8) is 0 Å². The standard InChI is InChI=1S/C15H14ClNO3S/c1-21(19,20)14-8-4-12(5-9-14)15(18)17-13-6-2-11(10-16)3-7-13/h2-9H,10H2,1H3,(H,17,18). The van der Waals surface area contributed by atoms with Gasteiger partial charge in [0, 0.05) is 23.4 Å². The molecule has 6 heteroatoms. The van der Waals surface area contributed by atoms with E-state index in [0.29, 0.717) is 17.1 Å². The van der Waals surface area contributed by atoms with E-state index in [1.54, 1.807) is 12.1 Å². The number of alkyl halides is 1. The predicted octanol–water partition coefficient (Wildman–Crippen LogP) is 3.08. The number of hydrogen-bond donors (Lipinski definition) is 1. The number of amides is 1. The third-order valence-electron chi connectivity index (χ3n) is 2.91. The van der Waals surface area contributed by atoms with Gasteiger partial charge >= 0.3 is 0 Å². The third kappa shape index (κ3) is 4.06. The Morgan fingerprint density at radius 1 is 1.05 bits per heavy atom. The van der Waals surface area contributed by atoms with Crippen LogP contribution in [-0.4, -0.2) is 20.6 Å². The van der Waals surface area contributed by atoms with Gasteiger partial charge in [-0.3, -0.25) is 4.79 Å². The number of sulfone groups is 1. The molecule has 0 aliphatic rings. The van der Waals surface area contributed by atoms with E-state index in [2.05, 4.69) is 5.32 Å². The van der Waals surface area contributed by atoms with Crippen molar-refractivity contribution in [2.45, 2.75) is 10.8 Å². The van der Waals surface area contributed by atoms with Gasteiger partial charge in [-0.05, 0) is 42.0 Å². The maximum absolute atomic E-state index is 12.0. The summed E-state index contributed by atoms with van der Waals surface area (Å²) in [6.45, 7) is 0. The van der Waals surface area contributed by atoms with Crippen molar-refractivity contribution in [1.82, 2.24) is 0 Å². The lowest BCUT2D eigenvalue weighted by molar-refractivity contribution is 0.102. The van der Waals surface area contributed by atoms with Gasteiger partial charge < -0.3 is 5.32 Å². The Bertz CT molecular complexity index is 737. The highest BCUT2D eigenvalue weighted by atomic mass is 35.5. The number of benzene rings is 2. The fourth-order valence-corrected chi connectivity index (χ4v) is 2.54. The first-order chi connectivity index (χ1) is 9.90. The van der Waals surface area contributed by atoms with Gasteiger partial charge in [0.2, 0.25) is 0 Å². The van der Waals surface area contributed by atoms with E-state index < -0.39 is 9.84 Å². The molecule has 0 radical (unpaired) electrons. The zero-order valence-electron chi connectivity index (χ0n) is 11.3. The Kier molecular flexibility index (Phi) is 4.65. The number of nitrogens with one attached hydrogen (secondary N) is 1. The Morgan fingerprint density at radius 2 is 1.62 bits per heavy atom. The fourth-order valence-electron chi connectivity index (χ4n) is 1.73. The van der Waals surface area contributed by atoms with E-state index in [1.807, 2.05) is 12.1 Å². The second-order valence-corrected chi connectivity index (χ2v) is 6.86. The molecule has 0 unspecified atom stereocenters. The Labute approximate surface area is 128 Å². The molecule has 0 aliphatic heterocycles. The molecule has 21 heavy (non-hydrogen) atoms. The van der Waals surface area contributed by atoms with Crippen LogP contribution in [0.25, 0.3) is 0 Å². The van der Waals surface area contributed by atoms with E-state index in [4.69, 9.17) is 11.6 Å². The van der Waals surface area contributed by atoms with Gasteiger partial charge in [0.1, 0.15) is 0 Å². The lowest BCUT2D eigenvalue weighted by atomic mass is 10.2. The molecule has 2 aromatic rings. The average Bonchev–Trinajstić information content (AvgIpc) is 2.47. The van der Waals surface area contributed by atoms with Crippen LogP contribution in [0.4, 0.5) is 5.69 Å². The topological polar surface area (TPSA) is 63.2 Å². The van der Waals surface area contributed by atoms with Gasteiger partial charge in [0.05, 0.1) is 4.90 Å². The first-order valence-corrected chi connectivity index (χ1v) is 8.59. The van der Waals surface area contributed by atoms with Crippen molar-refractivity contribution in [2.75, 3.05) is 11.6 Å². The summed E-state index contributed by atoms with van der Waals surface area (Å²) in [6.07, 6.45) is 1.13. The van der Waals surface area contributed by atoms with E-state index >= 15 is 0 Å². The van der Waals surface area contributed by atoms with E-state index in [9.17, 15) is 13.2 Å². The summed E-state index contributed by atoms with van der Waals surface area (Å²) in [7, 11) is -3.26. The summed E-state index contributed by atoms with van der Waals surface area (Å²) in [4.78, 5) is 12.2. The summed E-state index contributed by atoms with van der Waals surface area (Å²) < 4.78 is 22.7. The fraction of sp³-hybridized carbons (Fsp3) is 0.133. The molecular formula is C15H14ClNO3S. The molecule has 110 valence electrons. The maximum atomic E-state index is 12.0. The molecule has 0 spiro atoms. The van der Waals surface area contributed by atoms with Crippen LogP contribution >= 0.6 is 11.6 Å². The van der Waals surface area contributed by atoms with Crippen molar-refractivity contribution in [2.24, 2.45) is 0 Å². The maximum Gasteiger partial charge on any atom is 0.255 e. The van der Waals surface area contributed by atoms with E-state index in [0.717, 1.165) is 11.8 Å². The summed E-state index contributed by atoms with van der Waals surface area (Å²) in [5.41, 5.74) is 2.01. The zero-order chi connectivity index (χ0) is 15.5. The van der Waals surface area contributed by atoms with Crippen LogP contribution in [0.5, 0.6) is 0 Å². The minimum absolute atomic E-state index is 0.186. The lowest BCUT2D eigenvalue weighted by Gasteiger charge is -2.06. The van der Waals surface area contributed by atoms with Crippen LogP contribution in [-0.2, 0) is 15.7 Å². The van der Waals surface area contributed by atoms with Crippen molar-refractivity contribution < 1.29 is 13.2 Å². The highest BCUT2D eigenvalue weighted by molar-refractivity contribution is 7.90. The normalized spacial score (nSPS) is 11.1. The van der Waals surface area contributed by atoms with Crippen LogP contribution in [0, 0.1) is 0 Å². The van der Waals surface area contributed by atoms with Crippen molar-refractivity contribution in [3.05, 3.63) is 59.7 Å². The largest absolute Gasteiger partial charge is 0.322 e. The second kappa shape index (κ2) is 6.28. The number of rotatable bonds is 4. The molecular weight excluding hydrogens is 310 g/mol. The molecule has 0 saturated carbocycles. The number of anilines is 1. The molecule has 0 atom stereocenters. The summed E-state index contributed by atoms with van der Waals surface area (Å²) in [6, 6.07) is 13.0. The van der Waals surface area contributed by atoms with E-state index in [1.165, 1.54) is 24.3 Å². The number of carbonyl (C=O) groups is 1. The van der Waals surface area contributed by atoms with Gasteiger partial charge in [-0.25, -0.2) is 8.42 Å². The lowest BCUT2D eigenvalue weighted by Crippen LogP contribution is -2.12. The average molecular weight is 324 g/mol. The quantitative estimate of drug-likeness (QED) is 0.879. The van der Waals surface area contributed by atoms with Crippen molar-refractivity contribution in [3.8, 4) is 0 Å². The molecule has 0 heterocycles. The summed E-state index contributed by atoms with van der Waals surface area (Å²) in [5.74, 6) is 0.120. The minimum atomic E-state index is -3.26. The molecule has 2 rings (SSSR count). The summed E-state index contributed by atoms with van der Waals surface area (Å²) >= 11 is 5.70. The Hall–Kier alpha value is -1.85. The smallest absolute Gasteiger partial charge is 0.255 e. The molecule has 0 aromatic heterocycles. The number of halogens is 1. The van der Waals surface area contributed by atoms with Gasteiger partial charge in [0.15, 0.2) is 9.84 Å². The molecule has 0 bridgehead atoms. The van der Waals surface area contributed by atoms with Gasteiger partial charge in [-0.2, -0.15) is 0 Å². The highest BCUT2D eigenvalue weighted by Gasteiger charge is 2.10. The van der Waals surface area contributed by atoms with Crippen molar-refractivity contribution in [1.29, 1.82) is 0 Å². The van der Waals surface area contributed by atoms with Crippen LogP contribution in [0.3, 0.4) is 0 Å². The molecule has 0 aliphatic carbocycles. The second-order valence-electron chi connectivity index (χ2n) is 4.58. The van der Waals surface area contributed by atoms with Crippen LogP contribution in [0.2, 0.25) is 0 Å². The minimum Gasteiger partial charge on any atom is -0.322 e. The molecule has 0 fully saturated rings. The molecule has 0 saturated heterocycles. The Morgan fingerprint density at radius 3 is 2.10 bits per heavy atom. The highest BCUT2D eigenvalue weighted by Crippen LogP contribution is 2.14. The van der Waals surface area contributed by atoms with E-state index in [-0.39, 0.29) is 10.8 Å². The van der Waals surface area contributed by atoms with Gasteiger partial charge in [0.25, 0.3) is 5.91 Å². The molecule has 4 nitrogen and oxygen atoms in total.